The van der Waals surface area contributed by atoms with Crippen LogP contribution in [0.4, 0.5) is 5.69 Å². The normalized spacial score (nSPS) is 10.6. The lowest BCUT2D eigenvalue weighted by Crippen LogP contribution is -1.89. The number of aromatic nitrogens is 4. The fourth-order valence-electron chi connectivity index (χ4n) is 1.52. The molecule has 2 aromatic heterocycles. The van der Waals surface area contributed by atoms with E-state index in [4.69, 9.17) is 21.9 Å². The van der Waals surface area contributed by atoms with Gasteiger partial charge in [-0.25, -0.2) is 9.97 Å². The predicted octanol–water partition coefficient (Wildman–Crippen LogP) is 2.43. The van der Waals surface area contributed by atoms with Crippen molar-refractivity contribution in [1.82, 2.24) is 20.1 Å². The van der Waals surface area contributed by atoms with Crippen molar-refractivity contribution in [3.63, 3.8) is 0 Å². The highest BCUT2D eigenvalue weighted by atomic mass is 35.5. The number of nitrogen functional groups attached to an aromatic ring is 1. The van der Waals surface area contributed by atoms with Gasteiger partial charge in [0, 0.05) is 18.0 Å². The molecule has 19 heavy (non-hydrogen) atoms. The van der Waals surface area contributed by atoms with Crippen molar-refractivity contribution >= 4 is 17.3 Å². The Labute approximate surface area is 113 Å². The van der Waals surface area contributed by atoms with Gasteiger partial charge in [0.25, 0.3) is 5.89 Å². The molecule has 0 radical (unpaired) electrons. The first-order chi connectivity index (χ1) is 9.24. The maximum atomic E-state index is 5.86. The van der Waals surface area contributed by atoms with E-state index >= 15 is 0 Å². The van der Waals surface area contributed by atoms with Gasteiger partial charge >= 0.3 is 0 Å². The number of rotatable bonds is 2. The van der Waals surface area contributed by atoms with Gasteiger partial charge < -0.3 is 10.3 Å². The minimum Gasteiger partial charge on any atom is -0.398 e. The zero-order chi connectivity index (χ0) is 13.2. The number of hydrogen-bond donors (Lipinski definition) is 1. The first kappa shape index (κ1) is 11.6. The minimum atomic E-state index is 0.323. The van der Waals surface area contributed by atoms with E-state index in [1.54, 1.807) is 36.7 Å². The van der Waals surface area contributed by atoms with Gasteiger partial charge in [-0.05, 0) is 24.3 Å². The molecule has 0 saturated carbocycles. The monoisotopic (exact) mass is 273 g/mol. The predicted molar refractivity (Wildman–Crippen MR) is 70.2 cm³/mol. The standard InChI is InChI=1S/C12H8ClN5O/c13-8-3-2-7(6-9(8)14)12-17-11(18-19-12)10-15-4-1-5-16-10/h1-6H,14H2. The second-order valence-electron chi connectivity index (χ2n) is 3.73. The maximum Gasteiger partial charge on any atom is 0.258 e. The van der Waals surface area contributed by atoms with Crippen molar-refractivity contribution in [3.8, 4) is 23.1 Å². The zero-order valence-corrected chi connectivity index (χ0v) is 10.4. The van der Waals surface area contributed by atoms with Crippen LogP contribution in [-0.2, 0) is 0 Å². The van der Waals surface area contributed by atoms with E-state index in [0.717, 1.165) is 0 Å². The highest BCUT2D eigenvalue weighted by Gasteiger charge is 2.12. The van der Waals surface area contributed by atoms with Gasteiger partial charge in [-0.2, -0.15) is 4.98 Å². The molecule has 3 aromatic rings. The highest BCUT2D eigenvalue weighted by Crippen LogP contribution is 2.26. The van der Waals surface area contributed by atoms with Crippen LogP contribution in [0.1, 0.15) is 0 Å². The molecule has 3 rings (SSSR count). The first-order valence-electron chi connectivity index (χ1n) is 5.40. The summed E-state index contributed by atoms with van der Waals surface area (Å²) >= 11 is 5.86. The van der Waals surface area contributed by atoms with Gasteiger partial charge in [0.05, 0.1) is 10.7 Å². The van der Waals surface area contributed by atoms with Gasteiger partial charge in [0.2, 0.25) is 11.6 Å². The van der Waals surface area contributed by atoms with E-state index in [-0.39, 0.29) is 0 Å². The molecule has 2 N–H and O–H groups in total. The van der Waals surface area contributed by atoms with Crippen LogP contribution in [0.5, 0.6) is 0 Å². The van der Waals surface area contributed by atoms with Crippen LogP contribution in [0.2, 0.25) is 5.02 Å². The summed E-state index contributed by atoms with van der Waals surface area (Å²) in [5.41, 5.74) is 6.87. The van der Waals surface area contributed by atoms with Gasteiger partial charge in [-0.1, -0.05) is 16.8 Å². The van der Waals surface area contributed by atoms with Crippen LogP contribution in [0, 0.1) is 0 Å². The van der Waals surface area contributed by atoms with Crippen LogP contribution in [0.3, 0.4) is 0 Å². The number of benzene rings is 1. The van der Waals surface area contributed by atoms with Crippen molar-refractivity contribution in [2.45, 2.75) is 0 Å². The fraction of sp³-hybridized carbons (Fsp3) is 0. The molecular formula is C12H8ClN5O. The molecule has 6 nitrogen and oxygen atoms in total. The number of anilines is 1. The van der Waals surface area contributed by atoms with E-state index in [1.807, 2.05) is 0 Å². The third-order valence-electron chi connectivity index (χ3n) is 2.43. The van der Waals surface area contributed by atoms with Gasteiger partial charge in [-0.15, -0.1) is 0 Å². The van der Waals surface area contributed by atoms with Crippen molar-refractivity contribution < 1.29 is 4.52 Å². The molecule has 1 aromatic carbocycles. The molecule has 0 bridgehead atoms. The SMILES string of the molecule is Nc1cc(-c2nc(-c3ncccn3)no2)ccc1Cl. The van der Waals surface area contributed by atoms with E-state index in [0.29, 0.717) is 33.8 Å². The van der Waals surface area contributed by atoms with Gasteiger partial charge in [0.15, 0.2) is 0 Å². The van der Waals surface area contributed by atoms with Gasteiger partial charge in [-0.3, -0.25) is 0 Å². The molecule has 94 valence electrons. The molecule has 0 fully saturated rings. The van der Waals surface area contributed by atoms with Crippen LogP contribution < -0.4 is 5.73 Å². The zero-order valence-electron chi connectivity index (χ0n) is 9.62. The van der Waals surface area contributed by atoms with E-state index in [2.05, 4.69) is 20.1 Å². The topological polar surface area (TPSA) is 90.7 Å². The lowest BCUT2D eigenvalue weighted by molar-refractivity contribution is 0.432. The van der Waals surface area contributed by atoms with E-state index in [1.165, 1.54) is 0 Å². The molecule has 0 saturated heterocycles. The molecular weight excluding hydrogens is 266 g/mol. The molecule has 0 unspecified atom stereocenters. The smallest absolute Gasteiger partial charge is 0.258 e. The lowest BCUT2D eigenvalue weighted by Gasteiger charge is -1.98. The summed E-state index contributed by atoms with van der Waals surface area (Å²) in [6.07, 6.45) is 3.22. The van der Waals surface area contributed by atoms with Crippen LogP contribution >= 0.6 is 11.6 Å². The average molecular weight is 274 g/mol. The Morgan fingerprint density at radius 2 is 1.89 bits per heavy atom. The molecule has 7 heteroatoms. The molecule has 0 aliphatic rings. The minimum absolute atomic E-state index is 0.323. The fourth-order valence-corrected chi connectivity index (χ4v) is 1.64. The Kier molecular flexibility index (Phi) is 2.85. The van der Waals surface area contributed by atoms with Crippen LogP contribution in [-0.4, -0.2) is 20.1 Å². The summed E-state index contributed by atoms with van der Waals surface area (Å²) in [4.78, 5) is 12.3. The van der Waals surface area contributed by atoms with Crippen molar-refractivity contribution in [2.24, 2.45) is 0 Å². The van der Waals surface area contributed by atoms with Gasteiger partial charge in [0.1, 0.15) is 0 Å². The molecule has 0 atom stereocenters. The second-order valence-corrected chi connectivity index (χ2v) is 4.14. The van der Waals surface area contributed by atoms with Crippen molar-refractivity contribution in [1.29, 1.82) is 0 Å². The summed E-state index contributed by atoms with van der Waals surface area (Å²) in [6, 6.07) is 6.81. The molecule has 0 spiro atoms. The summed E-state index contributed by atoms with van der Waals surface area (Å²) in [5, 5.41) is 4.31. The first-order valence-corrected chi connectivity index (χ1v) is 5.78. The quantitative estimate of drug-likeness (QED) is 0.721. The van der Waals surface area contributed by atoms with Crippen molar-refractivity contribution in [2.75, 3.05) is 5.73 Å². The number of nitrogens with two attached hydrogens (primary N) is 1. The summed E-state index contributed by atoms with van der Waals surface area (Å²) in [5.74, 6) is 1.06. The summed E-state index contributed by atoms with van der Waals surface area (Å²) in [6.45, 7) is 0. The van der Waals surface area contributed by atoms with E-state index in [9.17, 15) is 0 Å². The third kappa shape index (κ3) is 2.25. The average Bonchev–Trinajstić information content (AvgIpc) is 2.93. The highest BCUT2D eigenvalue weighted by molar-refractivity contribution is 6.33. The van der Waals surface area contributed by atoms with Crippen LogP contribution in [0.15, 0.2) is 41.2 Å². The summed E-state index contributed by atoms with van der Waals surface area (Å²) < 4.78 is 5.16. The molecule has 2 heterocycles. The molecule has 0 amide bonds. The Bertz CT molecular complexity index is 713. The maximum absolute atomic E-state index is 5.86. The Morgan fingerprint density at radius 1 is 1.11 bits per heavy atom. The Balaban J connectivity index is 1.99. The van der Waals surface area contributed by atoms with E-state index < -0.39 is 0 Å². The number of hydrogen-bond acceptors (Lipinski definition) is 6. The Hall–Kier alpha value is -2.47. The molecule has 0 aliphatic heterocycles. The largest absolute Gasteiger partial charge is 0.398 e. The summed E-state index contributed by atoms with van der Waals surface area (Å²) in [7, 11) is 0. The number of nitrogens with zero attached hydrogens (tertiary/aromatic N) is 4. The second kappa shape index (κ2) is 4.66. The lowest BCUT2D eigenvalue weighted by atomic mass is 10.2. The van der Waals surface area contributed by atoms with Crippen molar-refractivity contribution in [3.05, 3.63) is 41.7 Å². The molecule has 0 aliphatic carbocycles. The third-order valence-corrected chi connectivity index (χ3v) is 2.78. The number of halogens is 1. The Morgan fingerprint density at radius 3 is 2.63 bits per heavy atom. The van der Waals surface area contributed by atoms with Crippen LogP contribution in [0.25, 0.3) is 23.1 Å².